The highest BCUT2D eigenvalue weighted by molar-refractivity contribution is 6.28. The van der Waals surface area contributed by atoms with Crippen molar-refractivity contribution in [3.8, 4) is 0 Å². The summed E-state index contributed by atoms with van der Waals surface area (Å²) >= 11 is 0. The Hall–Kier alpha value is -4.63. The Morgan fingerprint density at radius 3 is 1.91 bits per heavy atom. The third-order valence-corrected chi connectivity index (χ3v) is 6.28. The molecule has 5 aromatic rings. The van der Waals surface area contributed by atoms with E-state index in [1.54, 1.807) is 0 Å². The smallest absolute Gasteiger partial charge is 0.263 e. The first kappa shape index (κ1) is 20.0. The minimum absolute atomic E-state index is 0.00228. The van der Waals surface area contributed by atoms with E-state index in [4.69, 9.17) is 0 Å². The highest BCUT2D eigenvalue weighted by atomic mass is 16.2. The Morgan fingerprint density at radius 1 is 0.676 bits per heavy atom. The van der Waals surface area contributed by atoms with Crippen molar-refractivity contribution < 1.29 is 4.79 Å². The van der Waals surface area contributed by atoms with Crippen molar-refractivity contribution in [2.45, 2.75) is 0 Å². The van der Waals surface area contributed by atoms with E-state index in [9.17, 15) is 4.79 Å². The number of hydrogen-bond acceptors (Lipinski definition) is 2. The number of hydrogen-bond donors (Lipinski definition) is 0. The normalized spacial score (nSPS) is 12.2. The van der Waals surface area contributed by atoms with Crippen LogP contribution in [0.25, 0.3) is 16.8 Å². The monoisotopic (exact) mass is 438 g/mol. The minimum Gasteiger partial charge on any atom is -0.311 e. The zero-order valence-electron chi connectivity index (χ0n) is 18.6. The molecule has 0 bridgehead atoms. The Bertz CT molecular complexity index is 1480. The predicted molar refractivity (Wildman–Crippen MR) is 142 cm³/mol. The second-order valence-electron chi connectivity index (χ2n) is 8.31. The number of rotatable bonds is 5. The maximum Gasteiger partial charge on any atom is 0.263 e. The predicted octanol–water partition coefficient (Wildman–Crippen LogP) is 8.24. The van der Waals surface area contributed by atoms with Crippen molar-refractivity contribution in [1.82, 2.24) is 0 Å². The van der Waals surface area contributed by atoms with Gasteiger partial charge in [0.1, 0.15) is 0 Å². The van der Waals surface area contributed by atoms with Gasteiger partial charge >= 0.3 is 0 Å². The molecule has 1 aliphatic heterocycles. The second-order valence-corrected chi connectivity index (χ2v) is 8.31. The molecule has 162 valence electrons. The number of para-hydroxylation sites is 2. The Balaban J connectivity index is 1.44. The van der Waals surface area contributed by atoms with Crippen molar-refractivity contribution in [2.24, 2.45) is 0 Å². The van der Waals surface area contributed by atoms with Gasteiger partial charge in [0.15, 0.2) is 0 Å². The highest BCUT2D eigenvalue weighted by Crippen LogP contribution is 2.43. The van der Waals surface area contributed by atoms with E-state index < -0.39 is 0 Å². The van der Waals surface area contributed by atoms with Crippen LogP contribution in [0.1, 0.15) is 15.9 Å². The van der Waals surface area contributed by atoms with Crippen molar-refractivity contribution in [1.29, 1.82) is 0 Å². The first-order valence-corrected chi connectivity index (χ1v) is 11.3. The molecule has 0 aliphatic carbocycles. The average Bonchev–Trinajstić information content (AvgIpc) is 3.18. The number of amides is 1. The van der Waals surface area contributed by atoms with E-state index in [0.717, 1.165) is 50.3 Å². The Kier molecular flexibility index (Phi) is 4.74. The summed E-state index contributed by atoms with van der Waals surface area (Å²) in [6, 6.07) is 38.8. The molecule has 3 nitrogen and oxygen atoms in total. The van der Waals surface area contributed by atoms with E-state index >= 15 is 0 Å². The number of benzene rings is 5. The van der Waals surface area contributed by atoms with Crippen molar-refractivity contribution in [3.05, 3.63) is 133 Å². The molecule has 6 rings (SSSR count). The number of nitrogens with zero attached hydrogens (tertiary/aromatic N) is 2. The Morgan fingerprint density at radius 2 is 1.29 bits per heavy atom. The third kappa shape index (κ3) is 3.18. The topological polar surface area (TPSA) is 23.6 Å². The summed E-state index contributed by atoms with van der Waals surface area (Å²) < 4.78 is 0. The molecule has 1 amide bonds. The summed E-state index contributed by atoms with van der Waals surface area (Å²) in [6.07, 6.45) is 1.82. The van der Waals surface area contributed by atoms with Crippen LogP contribution in [0.5, 0.6) is 0 Å². The van der Waals surface area contributed by atoms with Crippen molar-refractivity contribution >= 4 is 51.2 Å². The fourth-order valence-electron chi connectivity index (χ4n) is 4.74. The first-order chi connectivity index (χ1) is 16.7. The van der Waals surface area contributed by atoms with Gasteiger partial charge in [-0.2, -0.15) is 0 Å². The molecule has 0 aromatic heterocycles. The lowest BCUT2D eigenvalue weighted by atomic mass is 10.0. The van der Waals surface area contributed by atoms with Gasteiger partial charge in [0.25, 0.3) is 5.91 Å². The lowest BCUT2D eigenvalue weighted by molar-refractivity contribution is 0.100. The largest absolute Gasteiger partial charge is 0.311 e. The molecule has 0 saturated carbocycles. The van der Waals surface area contributed by atoms with Gasteiger partial charge in [-0.15, -0.1) is 0 Å². The molecule has 0 saturated heterocycles. The van der Waals surface area contributed by atoms with Gasteiger partial charge in [0, 0.05) is 28.1 Å². The average molecular weight is 439 g/mol. The molecule has 3 heteroatoms. The van der Waals surface area contributed by atoms with Gasteiger partial charge in [-0.05, 0) is 77.7 Å². The molecular weight excluding hydrogens is 416 g/mol. The van der Waals surface area contributed by atoms with Crippen LogP contribution < -0.4 is 9.80 Å². The molecular formula is C31H22N2O. The van der Waals surface area contributed by atoms with Gasteiger partial charge in [-0.3, -0.25) is 9.69 Å². The maximum atomic E-state index is 13.4. The van der Waals surface area contributed by atoms with Crippen LogP contribution in [0.15, 0.2) is 122 Å². The second kappa shape index (κ2) is 8.05. The lowest BCUT2D eigenvalue weighted by Gasteiger charge is -2.26. The van der Waals surface area contributed by atoms with Crippen LogP contribution in [0, 0.1) is 0 Å². The van der Waals surface area contributed by atoms with Gasteiger partial charge in [0.05, 0.1) is 11.3 Å². The summed E-state index contributed by atoms with van der Waals surface area (Å²) in [7, 11) is 0. The van der Waals surface area contributed by atoms with Crippen LogP contribution in [0.3, 0.4) is 0 Å². The van der Waals surface area contributed by atoms with Gasteiger partial charge < -0.3 is 4.90 Å². The summed E-state index contributed by atoms with van der Waals surface area (Å²) in [5.41, 5.74) is 6.66. The molecule has 0 radical (unpaired) electrons. The van der Waals surface area contributed by atoms with Crippen LogP contribution in [0.2, 0.25) is 0 Å². The molecule has 1 aliphatic rings. The Labute approximate surface area is 198 Å². The molecule has 0 atom stereocenters. The molecule has 34 heavy (non-hydrogen) atoms. The summed E-state index contributed by atoms with van der Waals surface area (Å²) in [4.78, 5) is 17.4. The fourth-order valence-corrected chi connectivity index (χ4v) is 4.74. The van der Waals surface area contributed by atoms with Crippen LogP contribution in [0.4, 0.5) is 28.4 Å². The molecule has 0 unspecified atom stereocenters. The maximum absolute atomic E-state index is 13.4. The van der Waals surface area contributed by atoms with E-state index in [0.29, 0.717) is 0 Å². The summed E-state index contributed by atoms with van der Waals surface area (Å²) in [6.45, 7) is 3.93. The van der Waals surface area contributed by atoms with Crippen LogP contribution >= 0.6 is 0 Å². The molecule has 0 N–H and O–H groups in total. The molecule has 5 aromatic carbocycles. The highest BCUT2D eigenvalue weighted by Gasteiger charge is 2.31. The standard InChI is InChI=1S/C31H22N2O/c1-2-22-20-23-10-9-15-28-30(23)29(21-22)33(31(28)34)27-18-16-26(17-19-27)32(24-11-5-3-6-12-24)25-13-7-4-8-14-25/h2-21H,1H2. The van der Waals surface area contributed by atoms with Gasteiger partial charge in [-0.25, -0.2) is 0 Å². The molecule has 1 heterocycles. The minimum atomic E-state index is -0.00228. The van der Waals surface area contributed by atoms with Gasteiger partial charge in [0.2, 0.25) is 0 Å². The van der Waals surface area contributed by atoms with E-state index in [-0.39, 0.29) is 5.91 Å². The van der Waals surface area contributed by atoms with Crippen molar-refractivity contribution in [2.75, 3.05) is 9.80 Å². The molecule has 0 spiro atoms. The lowest BCUT2D eigenvalue weighted by Crippen LogP contribution is -2.21. The number of anilines is 5. The van der Waals surface area contributed by atoms with E-state index in [2.05, 4.69) is 53.9 Å². The van der Waals surface area contributed by atoms with Crippen LogP contribution in [-0.2, 0) is 0 Å². The van der Waals surface area contributed by atoms with E-state index in [1.807, 2.05) is 83.8 Å². The quantitative estimate of drug-likeness (QED) is 0.276. The molecule has 0 fully saturated rings. The summed E-state index contributed by atoms with van der Waals surface area (Å²) in [5, 5.41) is 2.05. The third-order valence-electron chi connectivity index (χ3n) is 6.28. The van der Waals surface area contributed by atoms with Crippen LogP contribution in [-0.4, -0.2) is 5.91 Å². The number of carbonyl (C=O) groups is 1. The fraction of sp³-hybridized carbons (Fsp3) is 0. The van der Waals surface area contributed by atoms with Crippen molar-refractivity contribution in [3.63, 3.8) is 0 Å². The zero-order chi connectivity index (χ0) is 23.1. The summed E-state index contributed by atoms with van der Waals surface area (Å²) in [5.74, 6) is -0.00228. The number of carbonyl (C=O) groups excluding carboxylic acids is 1. The zero-order valence-corrected chi connectivity index (χ0v) is 18.6. The van der Waals surface area contributed by atoms with Gasteiger partial charge in [-0.1, -0.05) is 61.2 Å². The first-order valence-electron chi connectivity index (χ1n) is 11.3. The SMILES string of the molecule is C=Cc1cc2c3c(cccc3c1)C(=O)N2c1ccc(N(c2ccccc2)c2ccccc2)cc1. The van der Waals surface area contributed by atoms with E-state index in [1.165, 1.54) is 0 Å².